The van der Waals surface area contributed by atoms with Crippen molar-refractivity contribution in [1.29, 1.82) is 0 Å². The molecule has 0 unspecified atom stereocenters. The van der Waals surface area contributed by atoms with Crippen molar-refractivity contribution in [3.8, 4) is 0 Å². The molecule has 0 fully saturated rings. The molecule has 16 heavy (non-hydrogen) atoms. The van der Waals surface area contributed by atoms with E-state index in [-0.39, 0.29) is 11.2 Å². The second-order valence-corrected chi connectivity index (χ2v) is 7.25. The normalized spacial score (nSPS) is 21.6. The Kier molecular flexibility index (Phi) is 2.50. The quantitative estimate of drug-likeness (QED) is 0.699. The third kappa shape index (κ3) is 1.93. The summed E-state index contributed by atoms with van der Waals surface area (Å²) in [6.45, 7) is 10.7. The average Bonchev–Trinajstić information content (AvgIpc) is 2.44. The Balaban J connectivity index is 2.52. The molecule has 0 spiro atoms. The van der Waals surface area contributed by atoms with Crippen LogP contribution >= 0.6 is 11.3 Å². The zero-order valence-electron chi connectivity index (χ0n) is 10.7. The highest BCUT2D eigenvalue weighted by Gasteiger charge is 2.40. The standard InChI is InChI=1S/C13H19NOS/c1-8(15)11-14-9-6-12(2,3)7-13(4,5)10(9)16-11/h6-7H2,1-5H3. The lowest BCUT2D eigenvalue weighted by Crippen LogP contribution is -2.33. The monoisotopic (exact) mass is 237 g/mol. The first-order valence-corrected chi connectivity index (χ1v) is 6.54. The first kappa shape index (κ1) is 11.8. The van der Waals surface area contributed by atoms with E-state index in [1.54, 1.807) is 18.3 Å². The maximum absolute atomic E-state index is 11.4. The molecule has 1 heterocycles. The van der Waals surface area contributed by atoms with Gasteiger partial charge in [-0.15, -0.1) is 11.3 Å². The molecule has 0 aliphatic heterocycles. The molecule has 0 aromatic carbocycles. The first-order valence-electron chi connectivity index (χ1n) is 5.72. The topological polar surface area (TPSA) is 30.0 Å². The maximum atomic E-state index is 11.4. The van der Waals surface area contributed by atoms with Crippen molar-refractivity contribution in [3.63, 3.8) is 0 Å². The van der Waals surface area contributed by atoms with Crippen LogP contribution in [-0.2, 0) is 11.8 Å². The summed E-state index contributed by atoms with van der Waals surface area (Å²) in [4.78, 5) is 17.2. The highest BCUT2D eigenvalue weighted by Crippen LogP contribution is 2.47. The van der Waals surface area contributed by atoms with Gasteiger partial charge in [-0.3, -0.25) is 4.79 Å². The fourth-order valence-electron chi connectivity index (χ4n) is 2.94. The van der Waals surface area contributed by atoms with E-state index in [0.717, 1.165) is 18.5 Å². The molecule has 0 atom stereocenters. The Bertz CT molecular complexity index is 443. The molecular weight excluding hydrogens is 218 g/mol. The smallest absolute Gasteiger partial charge is 0.188 e. The molecule has 0 saturated heterocycles. The van der Waals surface area contributed by atoms with E-state index in [2.05, 4.69) is 32.7 Å². The van der Waals surface area contributed by atoms with Crippen LogP contribution in [0.15, 0.2) is 0 Å². The molecular formula is C13H19NOS. The predicted molar refractivity (Wildman–Crippen MR) is 67.2 cm³/mol. The maximum Gasteiger partial charge on any atom is 0.188 e. The average molecular weight is 237 g/mol. The zero-order chi connectivity index (χ0) is 12.1. The molecule has 3 heteroatoms. The Morgan fingerprint density at radius 2 is 1.94 bits per heavy atom. The molecule has 1 aromatic rings. The van der Waals surface area contributed by atoms with Gasteiger partial charge >= 0.3 is 0 Å². The fourth-order valence-corrected chi connectivity index (χ4v) is 4.02. The number of fused-ring (bicyclic) bond motifs is 1. The summed E-state index contributed by atoms with van der Waals surface area (Å²) in [5, 5.41) is 0.677. The van der Waals surface area contributed by atoms with Crippen LogP contribution in [0.4, 0.5) is 0 Å². The Morgan fingerprint density at radius 1 is 1.31 bits per heavy atom. The second-order valence-electron chi connectivity index (χ2n) is 6.25. The lowest BCUT2D eigenvalue weighted by molar-refractivity contribution is 0.101. The number of Topliss-reactive ketones (excluding diaryl/α,β-unsaturated/α-hetero) is 1. The highest BCUT2D eigenvalue weighted by atomic mass is 32.1. The molecule has 88 valence electrons. The van der Waals surface area contributed by atoms with Gasteiger partial charge in [0.25, 0.3) is 0 Å². The first-order chi connectivity index (χ1) is 7.21. The van der Waals surface area contributed by atoms with Crippen LogP contribution in [0, 0.1) is 5.41 Å². The summed E-state index contributed by atoms with van der Waals surface area (Å²) in [5.74, 6) is 0.0907. The summed E-state index contributed by atoms with van der Waals surface area (Å²) in [5.41, 5.74) is 1.60. The van der Waals surface area contributed by atoms with Gasteiger partial charge < -0.3 is 0 Å². The van der Waals surface area contributed by atoms with E-state index in [4.69, 9.17) is 0 Å². The predicted octanol–water partition coefficient (Wildman–Crippen LogP) is 3.60. The number of thiazole rings is 1. The van der Waals surface area contributed by atoms with E-state index >= 15 is 0 Å². The van der Waals surface area contributed by atoms with Crippen molar-refractivity contribution < 1.29 is 4.79 Å². The molecule has 0 bridgehead atoms. The Morgan fingerprint density at radius 3 is 2.50 bits per heavy atom. The van der Waals surface area contributed by atoms with Crippen LogP contribution in [0.25, 0.3) is 0 Å². The van der Waals surface area contributed by atoms with Crippen LogP contribution in [0.2, 0.25) is 0 Å². The number of hydrogen-bond donors (Lipinski definition) is 0. The zero-order valence-corrected chi connectivity index (χ0v) is 11.5. The largest absolute Gasteiger partial charge is 0.292 e. The summed E-state index contributed by atoms with van der Waals surface area (Å²) >= 11 is 1.59. The van der Waals surface area contributed by atoms with Gasteiger partial charge in [0.1, 0.15) is 0 Å². The van der Waals surface area contributed by atoms with Crippen LogP contribution < -0.4 is 0 Å². The van der Waals surface area contributed by atoms with Gasteiger partial charge in [-0.1, -0.05) is 27.7 Å². The number of nitrogens with zero attached hydrogens (tertiary/aromatic N) is 1. The van der Waals surface area contributed by atoms with Crippen molar-refractivity contribution in [1.82, 2.24) is 4.98 Å². The van der Waals surface area contributed by atoms with Crippen LogP contribution in [0.5, 0.6) is 0 Å². The molecule has 0 N–H and O–H groups in total. The van der Waals surface area contributed by atoms with E-state index < -0.39 is 0 Å². The van der Waals surface area contributed by atoms with Crippen molar-refractivity contribution in [3.05, 3.63) is 15.6 Å². The van der Waals surface area contributed by atoms with E-state index in [0.29, 0.717) is 10.4 Å². The SMILES string of the molecule is CC(=O)c1nc2c(s1)C(C)(C)CC(C)(C)C2. The van der Waals surface area contributed by atoms with Crippen molar-refractivity contribution in [2.24, 2.45) is 5.41 Å². The Labute approximate surface area is 101 Å². The number of rotatable bonds is 1. The van der Waals surface area contributed by atoms with E-state index in [1.165, 1.54) is 4.88 Å². The van der Waals surface area contributed by atoms with Crippen LogP contribution in [0.3, 0.4) is 0 Å². The van der Waals surface area contributed by atoms with E-state index in [1.807, 2.05) is 0 Å². The summed E-state index contributed by atoms with van der Waals surface area (Å²) in [6, 6.07) is 0. The number of carbonyl (C=O) groups is 1. The fraction of sp³-hybridized carbons (Fsp3) is 0.692. The van der Waals surface area contributed by atoms with Gasteiger partial charge in [0, 0.05) is 17.2 Å². The Hall–Kier alpha value is -0.700. The molecule has 0 radical (unpaired) electrons. The molecule has 2 nitrogen and oxygen atoms in total. The number of aromatic nitrogens is 1. The minimum Gasteiger partial charge on any atom is -0.292 e. The minimum absolute atomic E-state index is 0.0907. The van der Waals surface area contributed by atoms with Gasteiger partial charge in [0.2, 0.25) is 0 Å². The number of ketones is 1. The number of hydrogen-bond acceptors (Lipinski definition) is 3. The van der Waals surface area contributed by atoms with Gasteiger partial charge in [-0.2, -0.15) is 0 Å². The van der Waals surface area contributed by atoms with Gasteiger partial charge in [-0.05, 0) is 18.3 Å². The van der Waals surface area contributed by atoms with E-state index in [9.17, 15) is 4.79 Å². The van der Waals surface area contributed by atoms with Crippen LogP contribution in [0.1, 0.15) is 61.4 Å². The lowest BCUT2D eigenvalue weighted by Gasteiger charge is -2.39. The summed E-state index contributed by atoms with van der Waals surface area (Å²) < 4.78 is 0. The third-order valence-corrected chi connectivity index (χ3v) is 4.74. The van der Waals surface area contributed by atoms with Crippen LogP contribution in [-0.4, -0.2) is 10.8 Å². The number of carbonyl (C=O) groups excluding carboxylic acids is 1. The molecule has 0 saturated carbocycles. The van der Waals surface area contributed by atoms with Crippen molar-refractivity contribution in [2.75, 3.05) is 0 Å². The molecule has 1 aliphatic rings. The summed E-state index contributed by atoms with van der Waals surface area (Å²) in [6.07, 6.45) is 2.15. The second kappa shape index (κ2) is 3.39. The molecule has 1 aliphatic carbocycles. The lowest BCUT2D eigenvalue weighted by atomic mass is 9.67. The molecule has 1 aromatic heterocycles. The molecule has 0 amide bonds. The van der Waals surface area contributed by atoms with Gasteiger partial charge in [0.05, 0.1) is 5.69 Å². The summed E-state index contributed by atoms with van der Waals surface area (Å²) in [7, 11) is 0. The highest BCUT2D eigenvalue weighted by molar-refractivity contribution is 7.13. The van der Waals surface area contributed by atoms with Crippen molar-refractivity contribution >= 4 is 17.1 Å². The minimum atomic E-state index is 0.0907. The molecule has 2 rings (SSSR count). The third-order valence-electron chi connectivity index (χ3n) is 3.18. The van der Waals surface area contributed by atoms with Gasteiger partial charge in [0.15, 0.2) is 10.8 Å². The van der Waals surface area contributed by atoms with Crippen molar-refractivity contribution in [2.45, 2.75) is 52.9 Å². The van der Waals surface area contributed by atoms with Gasteiger partial charge in [-0.25, -0.2) is 4.98 Å².